The zero-order valence-electron chi connectivity index (χ0n) is 16.2. The van der Waals surface area contributed by atoms with E-state index in [0.717, 1.165) is 25.8 Å². The molecule has 0 fully saturated rings. The van der Waals surface area contributed by atoms with Crippen LogP contribution in [0, 0.1) is 0 Å². The number of pyridine rings is 1. The molecule has 2 N–H and O–H groups in total. The highest BCUT2D eigenvalue weighted by Gasteiger charge is 2.11. The molecule has 0 aliphatic heterocycles. The number of nitrogens with zero attached hydrogens (tertiary/aromatic N) is 5. The number of halogens is 2. The van der Waals surface area contributed by atoms with E-state index < -0.39 is 11.8 Å². The van der Waals surface area contributed by atoms with Crippen molar-refractivity contribution >= 4 is 17.2 Å². The van der Waals surface area contributed by atoms with Crippen LogP contribution in [-0.2, 0) is 19.5 Å². The molecular weight excluding hydrogens is 398 g/mol. The molecule has 10 heteroatoms. The van der Waals surface area contributed by atoms with Gasteiger partial charge in [-0.15, -0.1) is 11.3 Å². The molecule has 0 unspecified atom stereocenters. The van der Waals surface area contributed by atoms with Crippen molar-refractivity contribution in [3.8, 4) is 10.4 Å². The fraction of sp³-hybridized carbons (Fsp3) is 0.316. The normalized spacial score (nSPS) is 10.9. The van der Waals surface area contributed by atoms with Crippen molar-refractivity contribution in [3.05, 3.63) is 63.8 Å². The number of aryl methyl sites for hydroxylation is 2. The number of anilines is 1. The molecular formula is C19H22F2N6OS. The first-order chi connectivity index (χ1) is 13.9. The zero-order chi connectivity index (χ0) is 21.0. The molecule has 0 bridgehead atoms. The largest absolute Gasteiger partial charge is 0.363 e. The van der Waals surface area contributed by atoms with Crippen molar-refractivity contribution in [3.63, 3.8) is 0 Å². The minimum Gasteiger partial charge on any atom is -0.363 e. The van der Waals surface area contributed by atoms with Crippen LogP contribution in [0.4, 0.5) is 14.6 Å². The van der Waals surface area contributed by atoms with E-state index in [9.17, 15) is 13.6 Å². The molecule has 0 spiro atoms. The van der Waals surface area contributed by atoms with Crippen LogP contribution in [0.2, 0.25) is 0 Å². The summed E-state index contributed by atoms with van der Waals surface area (Å²) in [5.41, 5.74) is 5.60. The van der Waals surface area contributed by atoms with Gasteiger partial charge in [0, 0.05) is 54.3 Å². The van der Waals surface area contributed by atoms with Crippen LogP contribution < -0.4 is 16.3 Å². The fourth-order valence-electron chi connectivity index (χ4n) is 2.71. The predicted octanol–water partition coefficient (Wildman–Crippen LogP) is 2.59. The average molecular weight is 420 g/mol. The second-order valence-corrected chi connectivity index (χ2v) is 7.82. The lowest BCUT2D eigenvalue weighted by atomic mass is 10.2. The van der Waals surface area contributed by atoms with Crippen molar-refractivity contribution < 1.29 is 8.78 Å². The van der Waals surface area contributed by atoms with Gasteiger partial charge in [-0.05, 0) is 30.7 Å². The van der Waals surface area contributed by atoms with Gasteiger partial charge in [0.05, 0.1) is 6.54 Å². The second-order valence-electron chi connectivity index (χ2n) is 6.65. The molecule has 0 aliphatic rings. The minimum atomic E-state index is -1.87. The maximum absolute atomic E-state index is 12.7. The Hall–Kier alpha value is -2.85. The molecule has 0 aromatic carbocycles. The van der Waals surface area contributed by atoms with E-state index in [1.54, 1.807) is 11.3 Å². The molecule has 0 saturated carbocycles. The first-order valence-corrected chi connectivity index (χ1v) is 9.78. The third kappa shape index (κ3) is 4.96. The van der Waals surface area contributed by atoms with Gasteiger partial charge >= 0.3 is 5.69 Å². The van der Waals surface area contributed by atoms with Crippen molar-refractivity contribution in [2.24, 2.45) is 5.73 Å². The Morgan fingerprint density at radius 3 is 2.66 bits per heavy atom. The molecule has 3 aromatic rings. The summed E-state index contributed by atoms with van der Waals surface area (Å²) < 4.78 is 27.9. The van der Waals surface area contributed by atoms with Crippen LogP contribution >= 0.6 is 11.3 Å². The van der Waals surface area contributed by atoms with E-state index in [4.69, 9.17) is 5.73 Å². The molecule has 0 saturated heterocycles. The monoisotopic (exact) mass is 420 g/mol. The topological polar surface area (TPSA) is 82.0 Å². The maximum Gasteiger partial charge on any atom is 0.346 e. The smallest absolute Gasteiger partial charge is 0.346 e. The summed E-state index contributed by atoms with van der Waals surface area (Å²) in [6.07, 6.45) is 1.97. The Bertz CT molecular complexity index is 1050. The molecule has 0 atom stereocenters. The van der Waals surface area contributed by atoms with Crippen LogP contribution in [0.15, 0.2) is 53.2 Å². The molecule has 3 aromatic heterocycles. The summed E-state index contributed by atoms with van der Waals surface area (Å²) in [5.74, 6) is 0.891. The predicted molar refractivity (Wildman–Crippen MR) is 110 cm³/mol. The van der Waals surface area contributed by atoms with Gasteiger partial charge in [0.15, 0.2) is 0 Å². The first-order valence-electron chi connectivity index (χ1n) is 8.97. The van der Waals surface area contributed by atoms with Crippen LogP contribution in [0.1, 0.15) is 4.88 Å². The number of rotatable bonds is 8. The Balaban J connectivity index is 1.66. The van der Waals surface area contributed by atoms with Crippen molar-refractivity contribution in [1.82, 2.24) is 19.3 Å². The van der Waals surface area contributed by atoms with E-state index in [1.165, 1.54) is 10.9 Å². The van der Waals surface area contributed by atoms with Gasteiger partial charge in [0.1, 0.15) is 12.1 Å². The van der Waals surface area contributed by atoms with E-state index in [1.807, 2.05) is 49.5 Å². The zero-order valence-corrected chi connectivity index (χ0v) is 17.0. The highest BCUT2D eigenvalue weighted by atomic mass is 32.1. The highest BCUT2D eigenvalue weighted by Crippen LogP contribution is 2.28. The molecule has 3 heterocycles. The lowest BCUT2D eigenvalue weighted by molar-refractivity contribution is 0.400. The molecule has 3 rings (SSSR count). The van der Waals surface area contributed by atoms with Gasteiger partial charge in [0.2, 0.25) is 0 Å². The Kier molecular flexibility index (Phi) is 6.55. The van der Waals surface area contributed by atoms with Crippen LogP contribution in [-0.4, -0.2) is 40.0 Å². The van der Waals surface area contributed by atoms with E-state index in [-0.39, 0.29) is 18.7 Å². The Morgan fingerprint density at radius 2 is 2.03 bits per heavy atom. The fourth-order valence-corrected chi connectivity index (χ4v) is 3.70. The minimum absolute atomic E-state index is 0.297. The number of thiophene rings is 1. The van der Waals surface area contributed by atoms with Gasteiger partial charge in [-0.1, -0.05) is 0 Å². The van der Waals surface area contributed by atoms with Gasteiger partial charge in [-0.2, -0.15) is 13.9 Å². The van der Waals surface area contributed by atoms with Crippen molar-refractivity contribution in [1.29, 1.82) is 0 Å². The van der Waals surface area contributed by atoms with Crippen LogP contribution in [0.5, 0.6) is 0 Å². The summed E-state index contributed by atoms with van der Waals surface area (Å²) >= 11 is 1.63. The van der Waals surface area contributed by atoms with Gasteiger partial charge in [-0.3, -0.25) is 4.57 Å². The van der Waals surface area contributed by atoms with Gasteiger partial charge in [0.25, 0.3) is 6.08 Å². The molecule has 0 aliphatic carbocycles. The van der Waals surface area contributed by atoms with Crippen molar-refractivity contribution in [2.75, 3.05) is 25.5 Å². The summed E-state index contributed by atoms with van der Waals surface area (Å²) in [6.45, 7) is -0.204. The number of hydrogen-bond donors (Lipinski definition) is 1. The molecule has 7 nitrogen and oxygen atoms in total. The standard InChI is InChI=1S/C19H22F2N6OS/c1-25(2)17-6-3-13(10-23-17)16-5-4-15(29-16)7-8-26-12-24-27(19(26)28)11-14(9-22)18(20)21/h3-6,10,12H,7-9,11,22H2,1-2H3. The third-order valence-electron chi connectivity index (χ3n) is 4.40. The summed E-state index contributed by atoms with van der Waals surface area (Å²) in [5, 5.41) is 3.91. The average Bonchev–Trinajstić information content (AvgIpc) is 3.31. The van der Waals surface area contributed by atoms with Crippen molar-refractivity contribution in [2.45, 2.75) is 19.5 Å². The Labute approximate surface area is 170 Å². The lowest BCUT2D eigenvalue weighted by Crippen LogP contribution is -2.27. The lowest BCUT2D eigenvalue weighted by Gasteiger charge is -2.10. The Morgan fingerprint density at radius 1 is 1.24 bits per heavy atom. The number of hydrogen-bond acceptors (Lipinski definition) is 6. The number of nitrogens with two attached hydrogens (primary N) is 1. The van der Waals surface area contributed by atoms with Crippen LogP contribution in [0.25, 0.3) is 10.4 Å². The molecule has 0 radical (unpaired) electrons. The first kappa shape index (κ1) is 20.9. The maximum atomic E-state index is 12.7. The van der Waals surface area contributed by atoms with E-state index in [0.29, 0.717) is 13.0 Å². The summed E-state index contributed by atoms with van der Waals surface area (Å²) in [7, 11) is 3.88. The molecule has 154 valence electrons. The number of aromatic nitrogens is 4. The van der Waals surface area contributed by atoms with Gasteiger partial charge in [-0.25, -0.2) is 14.5 Å². The van der Waals surface area contributed by atoms with Gasteiger partial charge < -0.3 is 10.6 Å². The van der Waals surface area contributed by atoms with Crippen LogP contribution in [0.3, 0.4) is 0 Å². The quantitative estimate of drug-likeness (QED) is 0.606. The highest BCUT2D eigenvalue weighted by molar-refractivity contribution is 7.15. The molecule has 29 heavy (non-hydrogen) atoms. The second kappa shape index (κ2) is 9.10. The summed E-state index contributed by atoms with van der Waals surface area (Å²) in [6, 6.07) is 8.04. The van der Waals surface area contributed by atoms with E-state index in [2.05, 4.69) is 10.1 Å². The molecule has 0 amide bonds. The third-order valence-corrected chi connectivity index (χ3v) is 5.60. The van der Waals surface area contributed by atoms with E-state index >= 15 is 0 Å². The summed E-state index contributed by atoms with van der Waals surface area (Å²) in [4.78, 5) is 20.9. The SMILES string of the molecule is CN(C)c1ccc(-c2ccc(CCn3cnn(CC(CN)=C(F)F)c3=O)s2)cn1.